The van der Waals surface area contributed by atoms with Gasteiger partial charge in [0.25, 0.3) is 0 Å². The topological polar surface area (TPSA) is 24.8 Å². The van der Waals surface area contributed by atoms with Gasteiger partial charge in [0.2, 0.25) is 0 Å². The first-order chi connectivity index (χ1) is 12.3. The van der Waals surface area contributed by atoms with Crippen molar-refractivity contribution in [2.75, 3.05) is 31.2 Å². The minimum Gasteiger partial charge on any atom is -0.378 e. The van der Waals surface area contributed by atoms with Crippen molar-refractivity contribution in [2.24, 2.45) is 4.99 Å². The van der Waals surface area contributed by atoms with E-state index in [-0.39, 0.29) is 5.82 Å². The van der Waals surface area contributed by atoms with Crippen LogP contribution in [0.25, 0.3) is 10.8 Å². The van der Waals surface area contributed by atoms with Gasteiger partial charge in [-0.1, -0.05) is 36.4 Å². The molecule has 0 radical (unpaired) electrons. The Morgan fingerprint density at radius 3 is 2.52 bits per heavy atom. The highest BCUT2D eigenvalue weighted by molar-refractivity contribution is 5.87. The van der Waals surface area contributed by atoms with Gasteiger partial charge in [0, 0.05) is 19.3 Å². The Kier molecular flexibility index (Phi) is 4.44. The molecule has 0 atom stereocenters. The number of morpholine rings is 1. The van der Waals surface area contributed by atoms with Gasteiger partial charge in [0.05, 0.1) is 24.6 Å². The molecule has 1 aliphatic rings. The third kappa shape index (κ3) is 3.54. The molecule has 1 saturated heterocycles. The van der Waals surface area contributed by atoms with Gasteiger partial charge in [-0.3, -0.25) is 4.99 Å². The minimum absolute atomic E-state index is 0.218. The van der Waals surface area contributed by atoms with E-state index < -0.39 is 0 Å². The summed E-state index contributed by atoms with van der Waals surface area (Å²) < 4.78 is 19.7. The van der Waals surface area contributed by atoms with Crippen LogP contribution in [0.3, 0.4) is 0 Å². The molecule has 0 aromatic heterocycles. The van der Waals surface area contributed by atoms with Crippen LogP contribution >= 0.6 is 0 Å². The lowest BCUT2D eigenvalue weighted by atomic mass is 10.1. The first-order valence-corrected chi connectivity index (χ1v) is 8.45. The van der Waals surface area contributed by atoms with E-state index in [1.54, 1.807) is 6.21 Å². The molecule has 4 heteroatoms. The molecule has 3 aromatic carbocycles. The number of fused-ring (bicyclic) bond motifs is 1. The SMILES string of the molecule is Fc1cc(C=Nc2ccc3ccccc3c2)ccc1N1CCOCC1. The number of rotatable bonds is 3. The fourth-order valence-corrected chi connectivity index (χ4v) is 3.07. The van der Waals surface area contributed by atoms with Gasteiger partial charge in [0.1, 0.15) is 5.82 Å². The molecule has 0 unspecified atom stereocenters. The van der Waals surface area contributed by atoms with Crippen molar-refractivity contribution in [3.8, 4) is 0 Å². The molecule has 1 fully saturated rings. The number of ether oxygens (including phenoxy) is 1. The summed E-state index contributed by atoms with van der Waals surface area (Å²) in [4.78, 5) is 6.50. The Bertz CT molecular complexity index is 917. The van der Waals surface area contributed by atoms with Gasteiger partial charge in [-0.15, -0.1) is 0 Å². The zero-order chi connectivity index (χ0) is 17.1. The van der Waals surface area contributed by atoms with E-state index in [1.807, 2.05) is 47.4 Å². The fourth-order valence-electron chi connectivity index (χ4n) is 3.07. The first kappa shape index (κ1) is 15.8. The van der Waals surface area contributed by atoms with Crippen molar-refractivity contribution in [1.29, 1.82) is 0 Å². The highest BCUT2D eigenvalue weighted by Gasteiger charge is 2.14. The number of aliphatic imine (C=N–C) groups is 1. The normalized spacial score (nSPS) is 15.2. The number of benzene rings is 3. The summed E-state index contributed by atoms with van der Waals surface area (Å²) in [6.45, 7) is 2.73. The predicted octanol–water partition coefficient (Wildman–Crippen LogP) is 4.57. The average molecular weight is 334 g/mol. The van der Waals surface area contributed by atoms with Gasteiger partial charge >= 0.3 is 0 Å². The van der Waals surface area contributed by atoms with Crippen LogP contribution in [-0.2, 0) is 4.74 Å². The van der Waals surface area contributed by atoms with Crippen LogP contribution in [0.5, 0.6) is 0 Å². The second-order valence-corrected chi connectivity index (χ2v) is 6.10. The zero-order valence-corrected chi connectivity index (χ0v) is 13.9. The summed E-state index contributed by atoms with van der Waals surface area (Å²) in [6.07, 6.45) is 1.70. The lowest BCUT2D eigenvalue weighted by Gasteiger charge is -2.29. The third-order valence-electron chi connectivity index (χ3n) is 4.42. The molecule has 4 rings (SSSR count). The van der Waals surface area contributed by atoms with E-state index in [0.29, 0.717) is 18.9 Å². The van der Waals surface area contributed by atoms with Crippen LogP contribution in [0.4, 0.5) is 15.8 Å². The van der Waals surface area contributed by atoms with E-state index >= 15 is 0 Å². The third-order valence-corrected chi connectivity index (χ3v) is 4.42. The average Bonchev–Trinajstić information content (AvgIpc) is 2.67. The van der Waals surface area contributed by atoms with E-state index in [2.05, 4.69) is 17.1 Å². The summed E-state index contributed by atoms with van der Waals surface area (Å²) in [5.74, 6) is -0.218. The second-order valence-electron chi connectivity index (χ2n) is 6.10. The monoisotopic (exact) mass is 334 g/mol. The largest absolute Gasteiger partial charge is 0.378 e. The number of halogens is 1. The molecule has 3 aromatic rings. The first-order valence-electron chi connectivity index (χ1n) is 8.45. The maximum atomic E-state index is 14.4. The summed E-state index contributed by atoms with van der Waals surface area (Å²) in [6, 6.07) is 19.5. The Hall–Kier alpha value is -2.72. The van der Waals surface area contributed by atoms with Crippen molar-refractivity contribution in [2.45, 2.75) is 0 Å². The highest BCUT2D eigenvalue weighted by Crippen LogP contribution is 2.23. The number of anilines is 1. The molecule has 1 heterocycles. The number of nitrogens with zero attached hydrogens (tertiary/aromatic N) is 2. The summed E-state index contributed by atoms with van der Waals surface area (Å²) in [7, 11) is 0. The summed E-state index contributed by atoms with van der Waals surface area (Å²) in [5.41, 5.74) is 2.24. The van der Waals surface area contributed by atoms with Gasteiger partial charge in [0.15, 0.2) is 0 Å². The van der Waals surface area contributed by atoms with Crippen molar-refractivity contribution >= 4 is 28.4 Å². The molecule has 126 valence electrons. The van der Waals surface area contributed by atoms with E-state index in [0.717, 1.165) is 29.7 Å². The predicted molar refractivity (Wildman–Crippen MR) is 101 cm³/mol. The Labute approximate surface area is 146 Å². The van der Waals surface area contributed by atoms with E-state index in [4.69, 9.17) is 4.74 Å². The molecule has 0 bridgehead atoms. The fraction of sp³-hybridized carbons (Fsp3) is 0.190. The Morgan fingerprint density at radius 1 is 0.920 bits per heavy atom. The maximum Gasteiger partial charge on any atom is 0.147 e. The summed E-state index contributed by atoms with van der Waals surface area (Å²) in [5, 5.41) is 2.33. The molecule has 3 nitrogen and oxygen atoms in total. The van der Waals surface area contributed by atoms with Gasteiger partial charge in [-0.05, 0) is 40.6 Å². The standard InChI is InChI=1S/C21H19FN2O/c22-20-13-16(5-8-21(20)24-9-11-25-12-10-24)15-23-19-7-6-17-3-1-2-4-18(17)14-19/h1-8,13-15H,9-12H2. The van der Waals surface area contributed by atoms with E-state index in [9.17, 15) is 4.39 Å². The van der Waals surface area contributed by atoms with E-state index in [1.165, 1.54) is 11.5 Å². The minimum atomic E-state index is -0.218. The highest BCUT2D eigenvalue weighted by atomic mass is 19.1. The lowest BCUT2D eigenvalue weighted by Crippen LogP contribution is -2.36. The molecular weight excluding hydrogens is 315 g/mol. The van der Waals surface area contributed by atoms with Crippen LogP contribution in [0.15, 0.2) is 65.7 Å². The molecule has 0 saturated carbocycles. The van der Waals surface area contributed by atoms with Crippen molar-refractivity contribution in [3.05, 3.63) is 72.0 Å². The van der Waals surface area contributed by atoms with Crippen LogP contribution in [-0.4, -0.2) is 32.5 Å². The molecule has 25 heavy (non-hydrogen) atoms. The van der Waals surface area contributed by atoms with Crippen LogP contribution in [0.1, 0.15) is 5.56 Å². The van der Waals surface area contributed by atoms with Gasteiger partial charge in [-0.2, -0.15) is 0 Å². The number of hydrogen-bond donors (Lipinski definition) is 0. The van der Waals surface area contributed by atoms with Gasteiger partial charge < -0.3 is 9.64 Å². The molecular formula is C21H19FN2O. The lowest BCUT2D eigenvalue weighted by molar-refractivity contribution is 0.122. The summed E-state index contributed by atoms with van der Waals surface area (Å²) >= 11 is 0. The van der Waals surface area contributed by atoms with Crippen molar-refractivity contribution < 1.29 is 9.13 Å². The van der Waals surface area contributed by atoms with Crippen molar-refractivity contribution in [3.63, 3.8) is 0 Å². The van der Waals surface area contributed by atoms with Crippen LogP contribution in [0, 0.1) is 5.82 Å². The Morgan fingerprint density at radius 2 is 1.72 bits per heavy atom. The second kappa shape index (κ2) is 7.03. The molecule has 0 N–H and O–H groups in total. The number of hydrogen-bond acceptors (Lipinski definition) is 3. The maximum absolute atomic E-state index is 14.4. The quantitative estimate of drug-likeness (QED) is 0.656. The van der Waals surface area contributed by atoms with Crippen molar-refractivity contribution in [1.82, 2.24) is 0 Å². The smallest absolute Gasteiger partial charge is 0.147 e. The molecule has 1 aliphatic heterocycles. The van der Waals surface area contributed by atoms with Gasteiger partial charge in [-0.25, -0.2) is 4.39 Å². The van der Waals surface area contributed by atoms with Crippen LogP contribution < -0.4 is 4.90 Å². The zero-order valence-electron chi connectivity index (χ0n) is 13.9. The van der Waals surface area contributed by atoms with Crippen LogP contribution in [0.2, 0.25) is 0 Å². The molecule has 0 spiro atoms. The molecule has 0 aliphatic carbocycles. The Balaban J connectivity index is 1.55. The molecule has 0 amide bonds.